The molecule has 11 rings (SSSR count). The molecule has 5 aromatic carbocycles. The van der Waals surface area contributed by atoms with Crippen LogP contribution in [0, 0.1) is 23.7 Å². The summed E-state index contributed by atoms with van der Waals surface area (Å²) in [7, 11) is 0. The molecule has 3 heteroatoms. The molecule has 0 spiro atoms. The Morgan fingerprint density at radius 1 is 0.436 bits per heavy atom. The third-order valence-corrected chi connectivity index (χ3v) is 17.1. The molecule has 0 radical (unpaired) electrons. The molecule has 6 fully saturated rings. The Labute approximate surface area is 333 Å². The molecule has 2 aliphatic heterocycles. The lowest BCUT2D eigenvalue weighted by Gasteiger charge is -2.68. The summed E-state index contributed by atoms with van der Waals surface area (Å²) in [6.07, 6.45) is 17.5. The Morgan fingerprint density at radius 2 is 1.04 bits per heavy atom. The molecule has 2 heterocycles. The van der Waals surface area contributed by atoms with E-state index in [9.17, 15) is 0 Å². The molecule has 0 amide bonds. The van der Waals surface area contributed by atoms with Crippen LogP contribution in [0.25, 0.3) is 22.3 Å². The SMILES string of the molecule is c1ccc(-c2cccc(N(c3ccc(C4CCC5C6C4CCCC6C4CCCC6SC7CCCCC7N5C64)cc3)c3cccc(-c4ccccc4)c3)c2)cc1. The summed E-state index contributed by atoms with van der Waals surface area (Å²) in [5, 5.41) is 1.82. The minimum absolute atomic E-state index is 0.687. The maximum Gasteiger partial charge on any atom is 0.0467 e. The lowest BCUT2D eigenvalue weighted by atomic mass is 9.51. The van der Waals surface area contributed by atoms with Gasteiger partial charge in [0.2, 0.25) is 0 Å². The Bertz CT molecular complexity index is 2010. The summed E-state index contributed by atoms with van der Waals surface area (Å²) in [6, 6.07) is 52.4. The van der Waals surface area contributed by atoms with Gasteiger partial charge in [0.05, 0.1) is 0 Å². The number of piperidine rings is 1. The van der Waals surface area contributed by atoms with Crippen molar-refractivity contribution in [3.05, 3.63) is 139 Å². The fourth-order valence-electron chi connectivity index (χ4n) is 13.3. The van der Waals surface area contributed by atoms with Gasteiger partial charge < -0.3 is 4.90 Å². The van der Waals surface area contributed by atoms with Crippen LogP contribution < -0.4 is 4.90 Å². The smallest absolute Gasteiger partial charge is 0.0467 e. The number of hydrogen-bond donors (Lipinski definition) is 0. The van der Waals surface area contributed by atoms with E-state index in [1.807, 2.05) is 0 Å². The summed E-state index contributed by atoms with van der Waals surface area (Å²) in [6.45, 7) is 0. The van der Waals surface area contributed by atoms with Crippen LogP contribution >= 0.6 is 11.8 Å². The topological polar surface area (TPSA) is 6.48 Å². The Hall–Kier alpha value is -3.79. The highest BCUT2D eigenvalue weighted by Crippen LogP contribution is 2.62. The van der Waals surface area contributed by atoms with E-state index < -0.39 is 0 Å². The zero-order valence-corrected chi connectivity index (χ0v) is 33.1. The van der Waals surface area contributed by atoms with E-state index in [1.165, 1.54) is 116 Å². The quantitative estimate of drug-likeness (QED) is 0.171. The molecular formula is C52H56N2S. The number of anilines is 3. The third-order valence-electron chi connectivity index (χ3n) is 15.3. The van der Waals surface area contributed by atoms with Crippen LogP contribution in [0.5, 0.6) is 0 Å². The molecule has 2 nitrogen and oxygen atoms in total. The zero-order valence-electron chi connectivity index (χ0n) is 32.3. The number of hydrogen-bond acceptors (Lipinski definition) is 3. The van der Waals surface area contributed by atoms with Gasteiger partial charge in [0.15, 0.2) is 0 Å². The summed E-state index contributed by atoms with van der Waals surface area (Å²) < 4.78 is 0. The second kappa shape index (κ2) is 14.6. The van der Waals surface area contributed by atoms with Crippen molar-refractivity contribution >= 4 is 28.8 Å². The number of fused-ring (bicyclic) bond motifs is 4. The van der Waals surface area contributed by atoms with E-state index in [-0.39, 0.29) is 0 Å². The second-order valence-corrected chi connectivity index (χ2v) is 19.4. The Balaban J connectivity index is 0.937. The molecule has 2 saturated heterocycles. The molecule has 4 saturated carbocycles. The highest BCUT2D eigenvalue weighted by molar-refractivity contribution is 8.00. The number of thioether (sulfide) groups is 1. The van der Waals surface area contributed by atoms with Crippen molar-refractivity contribution in [2.45, 2.75) is 112 Å². The average Bonchev–Trinajstić information content (AvgIpc) is 3.26. The number of nitrogens with zero attached hydrogens (tertiary/aromatic N) is 2. The molecule has 55 heavy (non-hydrogen) atoms. The first-order chi connectivity index (χ1) is 27.3. The molecule has 280 valence electrons. The fraction of sp³-hybridized carbons (Fsp3) is 0.423. The summed E-state index contributed by atoms with van der Waals surface area (Å²) >= 11 is 2.48. The molecular weight excluding hydrogens is 685 g/mol. The third kappa shape index (κ3) is 6.11. The van der Waals surface area contributed by atoms with E-state index in [0.717, 1.165) is 52.3 Å². The minimum atomic E-state index is 0.687. The largest absolute Gasteiger partial charge is 0.310 e. The van der Waals surface area contributed by atoms with Crippen LogP contribution in [0.4, 0.5) is 17.1 Å². The number of rotatable bonds is 6. The predicted molar refractivity (Wildman–Crippen MR) is 232 cm³/mol. The minimum Gasteiger partial charge on any atom is -0.310 e. The van der Waals surface area contributed by atoms with Crippen LogP contribution in [0.1, 0.15) is 88.5 Å². The van der Waals surface area contributed by atoms with E-state index >= 15 is 0 Å². The number of benzene rings is 5. The van der Waals surface area contributed by atoms with Gasteiger partial charge in [0.25, 0.3) is 0 Å². The predicted octanol–water partition coefficient (Wildman–Crippen LogP) is 13.7. The van der Waals surface area contributed by atoms with Gasteiger partial charge in [0.1, 0.15) is 0 Å². The normalized spacial score (nSPS) is 32.4. The first-order valence-electron chi connectivity index (χ1n) is 21.9. The highest BCUT2D eigenvalue weighted by atomic mass is 32.2. The van der Waals surface area contributed by atoms with Crippen LogP contribution in [-0.4, -0.2) is 33.5 Å². The van der Waals surface area contributed by atoms with Crippen molar-refractivity contribution < 1.29 is 0 Å². The van der Waals surface area contributed by atoms with Crippen LogP contribution in [-0.2, 0) is 0 Å². The van der Waals surface area contributed by atoms with E-state index in [1.54, 1.807) is 5.56 Å². The second-order valence-electron chi connectivity index (χ2n) is 17.9. The molecule has 6 aliphatic rings. The molecule has 0 aromatic heterocycles. The van der Waals surface area contributed by atoms with Gasteiger partial charge in [-0.15, -0.1) is 0 Å². The maximum atomic E-state index is 3.30. The maximum absolute atomic E-state index is 3.30. The van der Waals surface area contributed by atoms with Gasteiger partial charge in [0, 0.05) is 45.7 Å². The summed E-state index contributed by atoms with van der Waals surface area (Å²) in [5.41, 5.74) is 10.2. The zero-order chi connectivity index (χ0) is 36.3. The van der Waals surface area contributed by atoms with Gasteiger partial charge >= 0.3 is 0 Å². The van der Waals surface area contributed by atoms with Crippen molar-refractivity contribution in [3.63, 3.8) is 0 Å². The van der Waals surface area contributed by atoms with Gasteiger partial charge in [-0.3, -0.25) is 4.90 Å². The van der Waals surface area contributed by atoms with Crippen LogP contribution in [0.3, 0.4) is 0 Å². The Kier molecular flexibility index (Phi) is 9.16. The van der Waals surface area contributed by atoms with Crippen LogP contribution in [0.15, 0.2) is 133 Å². The standard InChI is InChI=1S/C52H56N2S/c1-3-13-35(14-4-1)38-17-9-19-41(33-38)53(42-20-10-18-39(34-42)36-15-5-2-6-16-36)40-29-27-37(28-30-40)43-31-32-48-51-44(43)21-11-22-45(51)46-23-12-26-50-52(46)54(48)47-24-7-8-25-49(47)55-50/h1-6,9-10,13-20,27-30,33-34,43-52H,7-8,11-12,21-26,31-32H2. The van der Waals surface area contributed by atoms with Crippen molar-refractivity contribution in [1.82, 2.24) is 4.90 Å². The van der Waals surface area contributed by atoms with Crippen molar-refractivity contribution in [2.24, 2.45) is 23.7 Å². The van der Waals surface area contributed by atoms with E-state index in [4.69, 9.17) is 0 Å². The molecule has 0 bridgehead atoms. The lowest BCUT2D eigenvalue weighted by Crippen LogP contribution is -2.72. The van der Waals surface area contributed by atoms with Gasteiger partial charge in [-0.25, -0.2) is 0 Å². The highest BCUT2D eigenvalue weighted by Gasteiger charge is 2.61. The molecule has 5 aromatic rings. The summed E-state index contributed by atoms with van der Waals surface area (Å²) in [5.74, 6) is 4.33. The molecule has 4 aliphatic carbocycles. The van der Waals surface area contributed by atoms with Crippen LogP contribution in [0.2, 0.25) is 0 Å². The fourth-order valence-corrected chi connectivity index (χ4v) is 15.3. The summed E-state index contributed by atoms with van der Waals surface area (Å²) in [4.78, 5) is 5.78. The van der Waals surface area contributed by atoms with Gasteiger partial charge in [-0.1, -0.05) is 123 Å². The van der Waals surface area contributed by atoms with Crippen molar-refractivity contribution in [2.75, 3.05) is 4.90 Å². The molecule has 10 atom stereocenters. The van der Waals surface area contributed by atoms with Gasteiger partial charge in [-0.2, -0.15) is 11.8 Å². The first-order valence-corrected chi connectivity index (χ1v) is 22.9. The average molecular weight is 741 g/mol. The van der Waals surface area contributed by atoms with Crippen molar-refractivity contribution in [3.8, 4) is 22.3 Å². The monoisotopic (exact) mass is 740 g/mol. The van der Waals surface area contributed by atoms with E-state index in [2.05, 4.69) is 155 Å². The van der Waals surface area contributed by atoms with Gasteiger partial charge in [-0.05, 0) is 145 Å². The van der Waals surface area contributed by atoms with Crippen molar-refractivity contribution in [1.29, 1.82) is 0 Å². The molecule has 10 unspecified atom stereocenters. The Morgan fingerprint density at radius 3 is 1.75 bits per heavy atom. The molecule has 0 N–H and O–H groups in total. The first kappa shape index (κ1) is 34.5. The lowest BCUT2D eigenvalue weighted by molar-refractivity contribution is -0.142. The van der Waals surface area contributed by atoms with E-state index in [0.29, 0.717) is 5.92 Å².